The second-order valence-corrected chi connectivity index (χ2v) is 4.75. The molecule has 0 amide bonds. The molecular weight excluding hydrogens is 310 g/mol. The second kappa shape index (κ2) is 4.94. The standard InChI is InChI=1S/C9H12BrN3O5/c10-3-1-13(9(17)12-7(3)11)8-6(16)5(15)4(2-14)18-8/h1,4-6,8,14-16H,2H2,(H2,11,12,17)/t4-,5+,6+,8-/m0/s1. The Bertz CT molecular complexity index is 507. The summed E-state index contributed by atoms with van der Waals surface area (Å²) in [6.07, 6.45) is -3.37. The number of aliphatic hydroxyl groups excluding tert-OH is 3. The maximum Gasteiger partial charge on any atom is 0.351 e. The number of halogens is 1. The van der Waals surface area contributed by atoms with Crippen molar-refractivity contribution in [2.75, 3.05) is 12.3 Å². The van der Waals surface area contributed by atoms with Gasteiger partial charge in [-0.15, -0.1) is 0 Å². The van der Waals surface area contributed by atoms with Gasteiger partial charge in [-0.2, -0.15) is 4.98 Å². The number of rotatable bonds is 2. The SMILES string of the molecule is Nc1nc(=O)n([C@H]2O[C@@H](CO)[C@@H](O)[C@H]2O)cc1Br. The summed E-state index contributed by atoms with van der Waals surface area (Å²) < 4.78 is 6.57. The summed E-state index contributed by atoms with van der Waals surface area (Å²) in [5, 5.41) is 28.3. The molecule has 9 heteroatoms. The number of aliphatic hydroxyl groups is 3. The van der Waals surface area contributed by atoms with Crippen LogP contribution in [0.4, 0.5) is 5.82 Å². The molecular formula is C9H12BrN3O5. The van der Waals surface area contributed by atoms with Gasteiger partial charge in [0.05, 0.1) is 11.1 Å². The third-order valence-corrected chi connectivity index (χ3v) is 3.34. The Kier molecular flexibility index (Phi) is 3.69. The van der Waals surface area contributed by atoms with E-state index in [9.17, 15) is 15.0 Å². The van der Waals surface area contributed by atoms with E-state index in [1.807, 2.05) is 0 Å². The minimum atomic E-state index is -1.34. The molecule has 1 aromatic heterocycles. The predicted molar refractivity (Wildman–Crippen MR) is 63.6 cm³/mol. The van der Waals surface area contributed by atoms with Gasteiger partial charge < -0.3 is 25.8 Å². The van der Waals surface area contributed by atoms with E-state index >= 15 is 0 Å². The molecule has 0 aromatic carbocycles. The fourth-order valence-corrected chi connectivity index (χ4v) is 2.06. The van der Waals surface area contributed by atoms with E-state index in [-0.39, 0.29) is 5.82 Å². The van der Waals surface area contributed by atoms with E-state index in [0.717, 1.165) is 4.57 Å². The van der Waals surface area contributed by atoms with Crippen LogP contribution in [0.2, 0.25) is 0 Å². The zero-order valence-electron chi connectivity index (χ0n) is 9.10. The monoisotopic (exact) mass is 321 g/mol. The highest BCUT2D eigenvalue weighted by molar-refractivity contribution is 9.10. The first kappa shape index (κ1) is 13.4. The quantitative estimate of drug-likeness (QED) is 0.505. The molecule has 0 spiro atoms. The summed E-state index contributed by atoms with van der Waals surface area (Å²) in [6, 6.07) is 0. The number of nitrogens with zero attached hydrogens (tertiary/aromatic N) is 2. The number of hydrogen-bond acceptors (Lipinski definition) is 7. The Morgan fingerprint density at radius 2 is 2.17 bits per heavy atom. The first-order valence-electron chi connectivity index (χ1n) is 5.12. The summed E-state index contributed by atoms with van der Waals surface area (Å²) in [6.45, 7) is -0.465. The van der Waals surface area contributed by atoms with E-state index in [1.165, 1.54) is 6.20 Å². The molecule has 1 saturated heterocycles. The van der Waals surface area contributed by atoms with Crippen LogP contribution in [0.1, 0.15) is 6.23 Å². The molecule has 8 nitrogen and oxygen atoms in total. The van der Waals surface area contributed by atoms with Gasteiger partial charge in [0.2, 0.25) is 0 Å². The lowest BCUT2D eigenvalue weighted by Crippen LogP contribution is -2.36. The van der Waals surface area contributed by atoms with Gasteiger partial charge in [-0.25, -0.2) is 4.79 Å². The first-order chi connectivity index (χ1) is 8.45. The van der Waals surface area contributed by atoms with Crippen molar-refractivity contribution in [2.45, 2.75) is 24.5 Å². The minimum absolute atomic E-state index is 0.0167. The summed E-state index contributed by atoms with van der Waals surface area (Å²) in [5.74, 6) is 0.0167. The van der Waals surface area contributed by atoms with Gasteiger partial charge in [0.25, 0.3) is 0 Å². The molecule has 1 aromatic rings. The number of ether oxygens (including phenoxy) is 1. The molecule has 1 fully saturated rings. The number of nitrogens with two attached hydrogens (primary N) is 1. The minimum Gasteiger partial charge on any atom is -0.394 e. The molecule has 1 aliphatic rings. The van der Waals surface area contributed by atoms with E-state index in [1.54, 1.807) is 0 Å². The maximum absolute atomic E-state index is 11.6. The van der Waals surface area contributed by atoms with Crippen molar-refractivity contribution in [3.63, 3.8) is 0 Å². The van der Waals surface area contributed by atoms with E-state index < -0.39 is 36.8 Å². The van der Waals surface area contributed by atoms with Gasteiger partial charge in [-0.05, 0) is 15.9 Å². The summed E-state index contributed by atoms with van der Waals surface area (Å²) in [4.78, 5) is 15.2. The number of anilines is 1. The van der Waals surface area contributed by atoms with Crippen LogP contribution in [0, 0.1) is 0 Å². The molecule has 2 heterocycles. The predicted octanol–water partition coefficient (Wildman–Crippen LogP) is -1.80. The van der Waals surface area contributed by atoms with E-state index in [4.69, 9.17) is 15.6 Å². The molecule has 0 aliphatic carbocycles. The molecule has 100 valence electrons. The summed E-state index contributed by atoms with van der Waals surface area (Å²) in [5.41, 5.74) is 4.72. The number of hydrogen-bond donors (Lipinski definition) is 4. The van der Waals surface area contributed by atoms with E-state index in [0.29, 0.717) is 4.47 Å². The van der Waals surface area contributed by atoms with Gasteiger partial charge in [-0.3, -0.25) is 4.57 Å². The number of nitrogen functional groups attached to an aromatic ring is 1. The summed E-state index contributed by atoms with van der Waals surface area (Å²) >= 11 is 3.10. The van der Waals surface area contributed by atoms with Gasteiger partial charge in [0, 0.05) is 6.20 Å². The Labute approximate surface area is 110 Å². The number of aromatic nitrogens is 2. The van der Waals surface area contributed by atoms with Crippen LogP contribution in [-0.2, 0) is 4.74 Å². The van der Waals surface area contributed by atoms with Crippen molar-refractivity contribution in [2.24, 2.45) is 0 Å². The van der Waals surface area contributed by atoms with Crippen molar-refractivity contribution >= 4 is 21.7 Å². The van der Waals surface area contributed by atoms with Crippen LogP contribution in [0.25, 0.3) is 0 Å². The second-order valence-electron chi connectivity index (χ2n) is 3.89. The Morgan fingerprint density at radius 3 is 2.72 bits per heavy atom. The lowest BCUT2D eigenvalue weighted by molar-refractivity contribution is -0.0550. The van der Waals surface area contributed by atoms with Gasteiger partial charge in [-0.1, -0.05) is 0 Å². The van der Waals surface area contributed by atoms with Crippen molar-refractivity contribution in [1.29, 1.82) is 0 Å². The van der Waals surface area contributed by atoms with Crippen LogP contribution in [-0.4, -0.2) is 49.8 Å². The normalized spacial score (nSPS) is 31.8. The van der Waals surface area contributed by atoms with Crippen molar-refractivity contribution in [3.8, 4) is 0 Å². The van der Waals surface area contributed by atoms with Crippen molar-refractivity contribution in [1.82, 2.24) is 9.55 Å². The zero-order chi connectivity index (χ0) is 13.4. The molecule has 0 bridgehead atoms. The highest BCUT2D eigenvalue weighted by Gasteiger charge is 2.43. The highest BCUT2D eigenvalue weighted by atomic mass is 79.9. The smallest absolute Gasteiger partial charge is 0.351 e. The third-order valence-electron chi connectivity index (χ3n) is 2.73. The van der Waals surface area contributed by atoms with Gasteiger partial charge in [0.15, 0.2) is 6.23 Å². The Morgan fingerprint density at radius 1 is 1.50 bits per heavy atom. The maximum atomic E-state index is 11.6. The molecule has 0 radical (unpaired) electrons. The lowest BCUT2D eigenvalue weighted by atomic mass is 10.1. The molecule has 0 unspecified atom stereocenters. The van der Waals surface area contributed by atoms with E-state index in [2.05, 4.69) is 20.9 Å². The fraction of sp³-hybridized carbons (Fsp3) is 0.556. The molecule has 5 N–H and O–H groups in total. The fourth-order valence-electron chi connectivity index (χ4n) is 1.75. The third kappa shape index (κ3) is 2.15. The van der Waals surface area contributed by atoms with Crippen LogP contribution in [0.5, 0.6) is 0 Å². The average Bonchev–Trinajstić information content (AvgIpc) is 2.61. The topological polar surface area (TPSA) is 131 Å². The summed E-state index contributed by atoms with van der Waals surface area (Å²) in [7, 11) is 0. The molecule has 1 aliphatic heterocycles. The van der Waals surface area contributed by atoms with Crippen LogP contribution >= 0.6 is 15.9 Å². The van der Waals surface area contributed by atoms with Crippen molar-refractivity contribution in [3.05, 3.63) is 21.2 Å². The largest absolute Gasteiger partial charge is 0.394 e. The zero-order valence-corrected chi connectivity index (χ0v) is 10.7. The molecule has 18 heavy (non-hydrogen) atoms. The highest BCUT2D eigenvalue weighted by Crippen LogP contribution is 2.29. The Balaban J connectivity index is 2.39. The van der Waals surface area contributed by atoms with Crippen LogP contribution in [0.15, 0.2) is 15.5 Å². The molecule has 0 saturated carbocycles. The molecule has 2 rings (SSSR count). The lowest BCUT2D eigenvalue weighted by Gasteiger charge is -2.17. The van der Waals surface area contributed by atoms with Crippen LogP contribution in [0.3, 0.4) is 0 Å². The van der Waals surface area contributed by atoms with Gasteiger partial charge in [0.1, 0.15) is 24.1 Å². The molecule has 4 atom stereocenters. The van der Waals surface area contributed by atoms with Crippen molar-refractivity contribution < 1.29 is 20.1 Å². The van der Waals surface area contributed by atoms with Crippen LogP contribution < -0.4 is 11.4 Å². The average molecular weight is 322 g/mol. The Hall–Kier alpha value is -1.00. The first-order valence-corrected chi connectivity index (χ1v) is 5.91. The van der Waals surface area contributed by atoms with Gasteiger partial charge >= 0.3 is 5.69 Å².